The Balaban J connectivity index is 1.59. The van der Waals surface area contributed by atoms with Gasteiger partial charge in [-0.05, 0) is 37.8 Å². The van der Waals surface area contributed by atoms with Crippen LogP contribution in [0.3, 0.4) is 0 Å². The van der Waals surface area contributed by atoms with E-state index in [2.05, 4.69) is 20.0 Å². The topological polar surface area (TPSA) is 56.1 Å². The molecule has 124 valence electrons. The summed E-state index contributed by atoms with van der Waals surface area (Å²) < 4.78 is 7.00. The summed E-state index contributed by atoms with van der Waals surface area (Å²) in [6.45, 7) is 4.16. The number of piperidine rings is 1. The first-order chi connectivity index (χ1) is 11.3. The van der Waals surface area contributed by atoms with Gasteiger partial charge in [0.15, 0.2) is 0 Å². The van der Waals surface area contributed by atoms with E-state index >= 15 is 0 Å². The zero-order valence-electron chi connectivity index (χ0n) is 14.0. The van der Waals surface area contributed by atoms with Crippen molar-refractivity contribution in [2.75, 3.05) is 33.4 Å². The molecule has 0 aromatic carbocycles. The molecule has 0 bridgehead atoms. The standard InChI is InChI=1S/C17H25N5O/c1-21-17(5-6-20-21)16-12-18-15(11-19-16)10-14-4-3-7-22(13-14)8-9-23-2/h5-6,11-12,14H,3-4,7-10,13H2,1-2H3/t14-/m0/s1. The minimum atomic E-state index is 0.664. The first kappa shape index (κ1) is 16.1. The van der Waals surface area contributed by atoms with Gasteiger partial charge >= 0.3 is 0 Å². The Hall–Kier alpha value is -1.79. The van der Waals surface area contributed by atoms with Gasteiger partial charge < -0.3 is 9.64 Å². The number of aryl methyl sites for hydroxylation is 1. The molecule has 0 unspecified atom stereocenters. The molecular formula is C17H25N5O. The Morgan fingerprint density at radius 1 is 1.30 bits per heavy atom. The highest BCUT2D eigenvalue weighted by molar-refractivity contribution is 5.52. The lowest BCUT2D eigenvalue weighted by molar-refractivity contribution is 0.114. The van der Waals surface area contributed by atoms with Gasteiger partial charge in [0.05, 0.1) is 24.2 Å². The maximum Gasteiger partial charge on any atom is 0.107 e. The van der Waals surface area contributed by atoms with Crippen molar-refractivity contribution >= 4 is 0 Å². The van der Waals surface area contributed by atoms with E-state index in [1.54, 1.807) is 13.3 Å². The van der Waals surface area contributed by atoms with Crippen LogP contribution in [0, 0.1) is 5.92 Å². The second-order valence-electron chi connectivity index (χ2n) is 6.24. The molecule has 1 atom stereocenters. The van der Waals surface area contributed by atoms with E-state index in [0.29, 0.717) is 5.92 Å². The zero-order chi connectivity index (χ0) is 16.1. The number of ether oxygens (including phenoxy) is 1. The number of aromatic nitrogens is 4. The summed E-state index contributed by atoms with van der Waals surface area (Å²) in [4.78, 5) is 11.7. The Kier molecular flexibility index (Phi) is 5.35. The van der Waals surface area contributed by atoms with Crippen LogP contribution in [0.1, 0.15) is 18.5 Å². The van der Waals surface area contributed by atoms with Gasteiger partial charge in [0.1, 0.15) is 5.69 Å². The van der Waals surface area contributed by atoms with Gasteiger partial charge in [0, 0.05) is 39.6 Å². The average Bonchev–Trinajstić information content (AvgIpc) is 3.00. The number of rotatable bonds is 6. The highest BCUT2D eigenvalue weighted by Crippen LogP contribution is 2.20. The first-order valence-electron chi connectivity index (χ1n) is 8.27. The number of hydrogen-bond acceptors (Lipinski definition) is 5. The van der Waals surface area contributed by atoms with Crippen LogP contribution < -0.4 is 0 Å². The molecule has 3 rings (SSSR count). The van der Waals surface area contributed by atoms with E-state index in [1.807, 2.05) is 30.2 Å². The molecule has 0 aliphatic carbocycles. The summed E-state index contributed by atoms with van der Waals surface area (Å²) in [5.74, 6) is 0.664. The predicted octanol–water partition coefficient (Wildman–Crippen LogP) is 1.78. The van der Waals surface area contributed by atoms with Gasteiger partial charge in [0.25, 0.3) is 0 Å². The predicted molar refractivity (Wildman–Crippen MR) is 89.0 cm³/mol. The van der Waals surface area contributed by atoms with Crippen molar-refractivity contribution < 1.29 is 4.74 Å². The van der Waals surface area contributed by atoms with E-state index in [9.17, 15) is 0 Å². The van der Waals surface area contributed by atoms with Crippen molar-refractivity contribution in [3.05, 3.63) is 30.4 Å². The Bertz CT molecular complexity index is 610. The third kappa shape index (κ3) is 4.14. The van der Waals surface area contributed by atoms with Gasteiger partial charge in [-0.3, -0.25) is 14.6 Å². The number of methoxy groups -OCH3 is 1. The number of hydrogen-bond donors (Lipinski definition) is 0. The lowest BCUT2D eigenvalue weighted by Gasteiger charge is -2.32. The highest BCUT2D eigenvalue weighted by atomic mass is 16.5. The van der Waals surface area contributed by atoms with Crippen LogP contribution in [-0.2, 0) is 18.2 Å². The molecule has 0 radical (unpaired) electrons. The molecule has 0 saturated carbocycles. The highest BCUT2D eigenvalue weighted by Gasteiger charge is 2.20. The second-order valence-corrected chi connectivity index (χ2v) is 6.24. The molecule has 1 aliphatic rings. The largest absolute Gasteiger partial charge is 0.383 e. The SMILES string of the molecule is COCCN1CCC[C@@H](Cc2cnc(-c3ccnn3C)cn2)C1. The Labute approximate surface area is 137 Å². The van der Waals surface area contributed by atoms with Gasteiger partial charge in [-0.15, -0.1) is 0 Å². The van der Waals surface area contributed by atoms with E-state index in [4.69, 9.17) is 4.74 Å². The number of nitrogens with zero attached hydrogens (tertiary/aromatic N) is 5. The van der Waals surface area contributed by atoms with Gasteiger partial charge in [-0.2, -0.15) is 5.10 Å². The maximum absolute atomic E-state index is 5.19. The van der Waals surface area contributed by atoms with Crippen LogP contribution in [-0.4, -0.2) is 58.0 Å². The summed E-state index contributed by atoms with van der Waals surface area (Å²) in [6, 6.07) is 1.96. The molecular weight excluding hydrogens is 290 g/mol. The molecule has 1 saturated heterocycles. The first-order valence-corrected chi connectivity index (χ1v) is 8.27. The molecule has 23 heavy (non-hydrogen) atoms. The molecule has 0 spiro atoms. The van der Waals surface area contributed by atoms with Gasteiger partial charge in [-0.1, -0.05) is 0 Å². The average molecular weight is 315 g/mol. The summed E-state index contributed by atoms with van der Waals surface area (Å²) in [6.07, 6.45) is 9.08. The third-order valence-corrected chi connectivity index (χ3v) is 4.50. The molecule has 2 aromatic heterocycles. The van der Waals surface area contributed by atoms with Crippen molar-refractivity contribution in [2.45, 2.75) is 19.3 Å². The molecule has 0 amide bonds. The molecule has 0 N–H and O–H groups in total. The smallest absolute Gasteiger partial charge is 0.107 e. The summed E-state index contributed by atoms with van der Waals surface area (Å²) in [5, 5.41) is 4.17. The molecule has 6 heteroatoms. The normalized spacial score (nSPS) is 19.1. The fraction of sp³-hybridized carbons (Fsp3) is 0.588. The summed E-state index contributed by atoms with van der Waals surface area (Å²) >= 11 is 0. The number of likely N-dealkylation sites (tertiary alicyclic amines) is 1. The van der Waals surface area contributed by atoms with Crippen LogP contribution in [0.5, 0.6) is 0 Å². The van der Waals surface area contributed by atoms with E-state index in [0.717, 1.165) is 43.2 Å². The van der Waals surface area contributed by atoms with Crippen LogP contribution >= 0.6 is 0 Å². The van der Waals surface area contributed by atoms with Crippen LogP contribution in [0.15, 0.2) is 24.7 Å². The van der Waals surface area contributed by atoms with Crippen molar-refractivity contribution in [3.63, 3.8) is 0 Å². The Morgan fingerprint density at radius 3 is 2.91 bits per heavy atom. The minimum absolute atomic E-state index is 0.664. The molecule has 1 fully saturated rings. The van der Waals surface area contributed by atoms with Crippen molar-refractivity contribution in [1.82, 2.24) is 24.6 Å². The zero-order valence-corrected chi connectivity index (χ0v) is 14.0. The van der Waals surface area contributed by atoms with E-state index in [1.165, 1.54) is 19.4 Å². The lowest BCUT2D eigenvalue weighted by atomic mass is 9.93. The monoisotopic (exact) mass is 315 g/mol. The minimum Gasteiger partial charge on any atom is -0.383 e. The van der Waals surface area contributed by atoms with Crippen LogP contribution in [0.4, 0.5) is 0 Å². The quantitative estimate of drug-likeness (QED) is 0.813. The maximum atomic E-state index is 5.19. The molecule has 3 heterocycles. The van der Waals surface area contributed by atoms with Crippen molar-refractivity contribution in [2.24, 2.45) is 13.0 Å². The molecule has 2 aromatic rings. The third-order valence-electron chi connectivity index (χ3n) is 4.50. The van der Waals surface area contributed by atoms with Gasteiger partial charge in [0.2, 0.25) is 0 Å². The van der Waals surface area contributed by atoms with Crippen LogP contribution in [0.25, 0.3) is 11.4 Å². The van der Waals surface area contributed by atoms with Gasteiger partial charge in [-0.25, -0.2) is 0 Å². The molecule has 1 aliphatic heterocycles. The Morgan fingerprint density at radius 2 is 2.22 bits per heavy atom. The van der Waals surface area contributed by atoms with Crippen molar-refractivity contribution in [3.8, 4) is 11.4 Å². The van der Waals surface area contributed by atoms with Crippen molar-refractivity contribution in [1.29, 1.82) is 0 Å². The van der Waals surface area contributed by atoms with Crippen LogP contribution in [0.2, 0.25) is 0 Å². The lowest BCUT2D eigenvalue weighted by Crippen LogP contribution is -2.38. The fourth-order valence-electron chi connectivity index (χ4n) is 3.25. The molecule has 6 nitrogen and oxygen atoms in total. The summed E-state index contributed by atoms with van der Waals surface area (Å²) in [5.41, 5.74) is 2.95. The fourth-order valence-corrected chi connectivity index (χ4v) is 3.25. The van der Waals surface area contributed by atoms with E-state index in [-0.39, 0.29) is 0 Å². The second kappa shape index (κ2) is 7.66. The van der Waals surface area contributed by atoms with E-state index < -0.39 is 0 Å². The summed E-state index contributed by atoms with van der Waals surface area (Å²) in [7, 11) is 3.68.